The quantitative estimate of drug-likeness (QED) is 0.704. The van der Waals surface area contributed by atoms with Gasteiger partial charge in [-0.3, -0.25) is 9.59 Å². The molecule has 18 heavy (non-hydrogen) atoms. The van der Waals surface area contributed by atoms with E-state index in [2.05, 4.69) is 10.6 Å². The van der Waals surface area contributed by atoms with Crippen LogP contribution in [0.1, 0.15) is 24.4 Å². The number of rotatable bonds is 4. The van der Waals surface area contributed by atoms with Crippen LogP contribution in [-0.2, 0) is 9.59 Å². The van der Waals surface area contributed by atoms with Gasteiger partial charge in [-0.05, 0) is 24.9 Å². The molecule has 96 valence electrons. The molecular weight excluding hydrogens is 230 g/mol. The lowest BCUT2D eigenvalue weighted by atomic mass is 10.1. The smallest absolute Gasteiger partial charge is 0.244 e. The first-order valence-corrected chi connectivity index (χ1v) is 6.06. The van der Waals surface area contributed by atoms with Crippen LogP contribution in [0, 0.1) is 0 Å². The van der Waals surface area contributed by atoms with Crippen LogP contribution in [0.5, 0.6) is 0 Å². The Morgan fingerprint density at radius 1 is 1.33 bits per heavy atom. The van der Waals surface area contributed by atoms with Gasteiger partial charge in [0.2, 0.25) is 11.8 Å². The minimum atomic E-state index is -0.763. The van der Waals surface area contributed by atoms with Crippen LogP contribution in [0.2, 0.25) is 0 Å². The van der Waals surface area contributed by atoms with Crippen LogP contribution < -0.4 is 16.4 Å². The number of primary amides is 1. The summed E-state index contributed by atoms with van der Waals surface area (Å²) in [6.45, 7) is 0.838. The van der Waals surface area contributed by atoms with E-state index in [1.54, 1.807) is 12.1 Å². The number of hydrogen-bond acceptors (Lipinski definition) is 3. The zero-order chi connectivity index (χ0) is 13.0. The van der Waals surface area contributed by atoms with E-state index < -0.39 is 11.9 Å². The SMILES string of the molecule is NC(=O)C(NC(=O)C1CCCN1)c1ccccc1. The van der Waals surface area contributed by atoms with Crippen molar-refractivity contribution < 1.29 is 9.59 Å². The van der Waals surface area contributed by atoms with Gasteiger partial charge in [-0.15, -0.1) is 0 Å². The van der Waals surface area contributed by atoms with Gasteiger partial charge in [0, 0.05) is 0 Å². The molecule has 5 nitrogen and oxygen atoms in total. The van der Waals surface area contributed by atoms with Crippen LogP contribution in [0.3, 0.4) is 0 Å². The van der Waals surface area contributed by atoms with Crippen LogP contribution in [0.25, 0.3) is 0 Å². The molecule has 1 heterocycles. The number of nitrogens with one attached hydrogen (secondary N) is 2. The molecular formula is C13H17N3O2. The Balaban J connectivity index is 2.07. The molecule has 2 unspecified atom stereocenters. The molecule has 1 saturated heterocycles. The summed E-state index contributed by atoms with van der Waals surface area (Å²) >= 11 is 0. The van der Waals surface area contributed by atoms with E-state index in [0.717, 1.165) is 19.4 Å². The fraction of sp³-hybridized carbons (Fsp3) is 0.385. The van der Waals surface area contributed by atoms with Crippen molar-refractivity contribution in [2.24, 2.45) is 5.73 Å². The molecule has 1 aromatic rings. The highest BCUT2D eigenvalue weighted by Crippen LogP contribution is 2.13. The first-order valence-electron chi connectivity index (χ1n) is 6.06. The molecule has 1 aliphatic heterocycles. The summed E-state index contributed by atoms with van der Waals surface area (Å²) in [5, 5.41) is 5.79. The summed E-state index contributed by atoms with van der Waals surface area (Å²) in [5.74, 6) is -0.715. The second-order valence-electron chi connectivity index (χ2n) is 4.40. The van der Waals surface area contributed by atoms with Crippen molar-refractivity contribution in [1.29, 1.82) is 0 Å². The molecule has 2 atom stereocenters. The second kappa shape index (κ2) is 5.64. The standard InChI is InChI=1S/C13H17N3O2/c14-12(17)11(9-5-2-1-3-6-9)16-13(18)10-7-4-8-15-10/h1-3,5-6,10-11,15H,4,7-8H2,(H2,14,17)(H,16,18). The summed E-state index contributed by atoms with van der Waals surface area (Å²) in [5.41, 5.74) is 6.05. The van der Waals surface area contributed by atoms with Gasteiger partial charge in [0.25, 0.3) is 0 Å². The van der Waals surface area contributed by atoms with Crippen molar-refractivity contribution in [1.82, 2.24) is 10.6 Å². The molecule has 0 radical (unpaired) electrons. The van der Waals surface area contributed by atoms with Crippen molar-refractivity contribution in [3.63, 3.8) is 0 Å². The van der Waals surface area contributed by atoms with E-state index in [-0.39, 0.29) is 11.9 Å². The van der Waals surface area contributed by atoms with E-state index in [4.69, 9.17) is 5.73 Å². The molecule has 1 aromatic carbocycles. The Kier molecular flexibility index (Phi) is 3.94. The molecule has 2 amide bonds. The maximum absolute atomic E-state index is 12.0. The molecule has 4 N–H and O–H groups in total. The number of carbonyl (C=O) groups is 2. The van der Waals surface area contributed by atoms with Crippen LogP contribution in [-0.4, -0.2) is 24.4 Å². The third-order valence-corrected chi connectivity index (χ3v) is 3.08. The van der Waals surface area contributed by atoms with Gasteiger partial charge < -0.3 is 16.4 Å². The third kappa shape index (κ3) is 2.87. The Morgan fingerprint density at radius 3 is 2.61 bits per heavy atom. The van der Waals surface area contributed by atoms with E-state index in [1.165, 1.54) is 0 Å². The fourth-order valence-electron chi connectivity index (χ4n) is 2.12. The number of benzene rings is 1. The summed E-state index contributed by atoms with van der Waals surface area (Å²) < 4.78 is 0. The number of amides is 2. The lowest BCUT2D eigenvalue weighted by Gasteiger charge is -2.18. The molecule has 1 fully saturated rings. The third-order valence-electron chi connectivity index (χ3n) is 3.08. The minimum absolute atomic E-state index is 0.167. The van der Waals surface area contributed by atoms with E-state index in [9.17, 15) is 9.59 Å². The Labute approximate surface area is 106 Å². The maximum atomic E-state index is 12.0. The van der Waals surface area contributed by atoms with Crippen LogP contribution >= 0.6 is 0 Å². The lowest BCUT2D eigenvalue weighted by Crippen LogP contribution is -2.45. The minimum Gasteiger partial charge on any atom is -0.368 e. The highest BCUT2D eigenvalue weighted by Gasteiger charge is 2.26. The Bertz CT molecular complexity index is 427. The van der Waals surface area contributed by atoms with E-state index in [1.807, 2.05) is 18.2 Å². The van der Waals surface area contributed by atoms with Crippen molar-refractivity contribution in [2.75, 3.05) is 6.54 Å². The van der Waals surface area contributed by atoms with Crippen molar-refractivity contribution >= 4 is 11.8 Å². The van der Waals surface area contributed by atoms with Gasteiger partial charge in [-0.1, -0.05) is 30.3 Å². The highest BCUT2D eigenvalue weighted by atomic mass is 16.2. The molecule has 0 aromatic heterocycles. The van der Waals surface area contributed by atoms with E-state index >= 15 is 0 Å². The monoisotopic (exact) mass is 247 g/mol. The average Bonchev–Trinajstić information content (AvgIpc) is 2.90. The van der Waals surface area contributed by atoms with Gasteiger partial charge in [0.1, 0.15) is 6.04 Å². The van der Waals surface area contributed by atoms with Gasteiger partial charge in [-0.25, -0.2) is 0 Å². The summed E-state index contributed by atoms with van der Waals surface area (Å²) in [7, 11) is 0. The Hall–Kier alpha value is -1.88. The van der Waals surface area contributed by atoms with E-state index in [0.29, 0.717) is 5.56 Å². The van der Waals surface area contributed by atoms with Gasteiger partial charge in [-0.2, -0.15) is 0 Å². The molecule has 0 bridgehead atoms. The molecule has 5 heteroatoms. The topological polar surface area (TPSA) is 84.2 Å². The summed E-state index contributed by atoms with van der Waals surface area (Å²) in [4.78, 5) is 23.4. The first kappa shape index (κ1) is 12.6. The second-order valence-corrected chi connectivity index (χ2v) is 4.40. The number of carbonyl (C=O) groups excluding carboxylic acids is 2. The summed E-state index contributed by atoms with van der Waals surface area (Å²) in [6.07, 6.45) is 1.77. The van der Waals surface area contributed by atoms with Gasteiger partial charge in [0.15, 0.2) is 0 Å². The van der Waals surface area contributed by atoms with Crippen molar-refractivity contribution in [3.8, 4) is 0 Å². The van der Waals surface area contributed by atoms with Crippen LogP contribution in [0.15, 0.2) is 30.3 Å². The zero-order valence-electron chi connectivity index (χ0n) is 10.1. The largest absolute Gasteiger partial charge is 0.368 e. The molecule has 0 saturated carbocycles. The molecule has 0 aliphatic carbocycles. The Morgan fingerprint density at radius 2 is 2.06 bits per heavy atom. The normalized spacial score (nSPS) is 20.3. The van der Waals surface area contributed by atoms with Crippen molar-refractivity contribution in [3.05, 3.63) is 35.9 Å². The fourth-order valence-corrected chi connectivity index (χ4v) is 2.12. The van der Waals surface area contributed by atoms with Crippen LogP contribution in [0.4, 0.5) is 0 Å². The predicted octanol–water partition coefficient (Wildman–Crippen LogP) is 0.0812. The highest BCUT2D eigenvalue weighted by molar-refractivity contribution is 5.89. The maximum Gasteiger partial charge on any atom is 0.244 e. The van der Waals surface area contributed by atoms with Gasteiger partial charge >= 0.3 is 0 Å². The molecule has 0 spiro atoms. The van der Waals surface area contributed by atoms with Crippen molar-refractivity contribution in [2.45, 2.75) is 24.9 Å². The molecule has 1 aliphatic rings. The van der Waals surface area contributed by atoms with Gasteiger partial charge in [0.05, 0.1) is 6.04 Å². The number of hydrogen-bond donors (Lipinski definition) is 3. The number of nitrogens with two attached hydrogens (primary N) is 1. The zero-order valence-corrected chi connectivity index (χ0v) is 10.1. The molecule has 2 rings (SSSR count). The predicted molar refractivity (Wildman–Crippen MR) is 67.5 cm³/mol. The first-order chi connectivity index (χ1) is 8.68. The average molecular weight is 247 g/mol. The summed E-state index contributed by atoms with van der Waals surface area (Å²) in [6, 6.07) is 8.05. The lowest BCUT2D eigenvalue weighted by molar-refractivity contribution is -0.128.